The summed E-state index contributed by atoms with van der Waals surface area (Å²) in [6.07, 6.45) is 2.62. The molecule has 2 N–H and O–H groups in total. The Hall–Kier alpha value is -1.73. The molecule has 0 fully saturated rings. The molecule has 0 aliphatic carbocycles. The number of benzene rings is 1. The van der Waals surface area contributed by atoms with Gasteiger partial charge < -0.3 is 24.7 Å². The highest BCUT2D eigenvalue weighted by Crippen LogP contribution is 2.33. The highest BCUT2D eigenvalue weighted by Gasteiger charge is 2.27. The molecule has 1 amide bonds. The minimum atomic E-state index is -0.168. The van der Waals surface area contributed by atoms with Crippen molar-refractivity contribution in [1.82, 2.24) is 10.6 Å². The van der Waals surface area contributed by atoms with E-state index in [2.05, 4.69) is 46.7 Å². The first-order chi connectivity index (χ1) is 12.7. The number of amides is 1. The molecule has 8 heteroatoms. The summed E-state index contributed by atoms with van der Waals surface area (Å²) in [6, 6.07) is 10.7. The Labute approximate surface area is 178 Å². The van der Waals surface area contributed by atoms with Crippen molar-refractivity contribution in [2.24, 2.45) is 0 Å². The molecule has 1 aromatic heterocycles. The number of fused-ring (bicyclic) bond motifs is 1. The van der Waals surface area contributed by atoms with E-state index in [4.69, 9.17) is 9.15 Å². The lowest BCUT2D eigenvalue weighted by molar-refractivity contribution is 0.0924. The van der Waals surface area contributed by atoms with Crippen LogP contribution in [0.2, 0.25) is 0 Å². The van der Waals surface area contributed by atoms with Gasteiger partial charge in [0.1, 0.15) is 0 Å². The number of nitrogens with zero attached hydrogens (tertiary/aromatic N) is 1. The van der Waals surface area contributed by atoms with Gasteiger partial charge in [-0.15, -0.1) is 24.8 Å². The molecule has 156 valence electrons. The van der Waals surface area contributed by atoms with Gasteiger partial charge in [-0.1, -0.05) is 18.2 Å². The zero-order valence-electron chi connectivity index (χ0n) is 16.3. The van der Waals surface area contributed by atoms with E-state index < -0.39 is 0 Å². The molecular formula is C20H29Cl2N3O3. The van der Waals surface area contributed by atoms with E-state index in [9.17, 15) is 4.79 Å². The van der Waals surface area contributed by atoms with E-state index in [0.29, 0.717) is 38.0 Å². The molecule has 6 nitrogen and oxygen atoms in total. The third kappa shape index (κ3) is 5.88. The van der Waals surface area contributed by atoms with Crippen molar-refractivity contribution in [2.45, 2.75) is 25.9 Å². The van der Waals surface area contributed by atoms with Crippen molar-refractivity contribution in [3.05, 3.63) is 53.5 Å². The number of rotatable bonds is 9. The number of furan rings is 1. The summed E-state index contributed by atoms with van der Waals surface area (Å²) in [6.45, 7) is 5.55. The molecule has 1 unspecified atom stereocenters. The van der Waals surface area contributed by atoms with E-state index in [1.807, 2.05) is 6.07 Å². The van der Waals surface area contributed by atoms with Crippen LogP contribution in [0.3, 0.4) is 0 Å². The first-order valence-electron chi connectivity index (χ1n) is 9.09. The van der Waals surface area contributed by atoms with Crippen LogP contribution in [-0.4, -0.2) is 45.3 Å². The molecule has 2 aromatic rings. The number of carbonyl (C=O) groups is 1. The van der Waals surface area contributed by atoms with Crippen LogP contribution < -0.4 is 15.5 Å². The molecule has 1 aliphatic rings. The van der Waals surface area contributed by atoms with Crippen molar-refractivity contribution in [1.29, 1.82) is 0 Å². The zero-order valence-corrected chi connectivity index (χ0v) is 17.9. The molecular weight excluding hydrogens is 401 g/mol. The Kier molecular flexibility index (Phi) is 10.4. The number of carbonyl (C=O) groups excluding carboxylic acids is 1. The van der Waals surface area contributed by atoms with E-state index in [-0.39, 0.29) is 30.7 Å². The van der Waals surface area contributed by atoms with Crippen molar-refractivity contribution in [3.63, 3.8) is 0 Å². The maximum atomic E-state index is 12.4. The maximum Gasteiger partial charge on any atom is 0.287 e. The van der Waals surface area contributed by atoms with E-state index >= 15 is 0 Å². The lowest BCUT2D eigenvalue weighted by Crippen LogP contribution is -2.34. The Morgan fingerprint density at radius 1 is 1.21 bits per heavy atom. The molecule has 1 aliphatic heterocycles. The van der Waals surface area contributed by atoms with E-state index in [1.54, 1.807) is 13.4 Å². The summed E-state index contributed by atoms with van der Waals surface area (Å²) in [5.41, 5.74) is 3.52. The van der Waals surface area contributed by atoms with Crippen molar-refractivity contribution in [3.8, 4) is 0 Å². The fraction of sp³-hybridized carbons (Fsp3) is 0.450. The van der Waals surface area contributed by atoms with Gasteiger partial charge in [-0.3, -0.25) is 4.79 Å². The van der Waals surface area contributed by atoms with Gasteiger partial charge in [-0.05, 0) is 31.0 Å². The largest absolute Gasteiger partial charge is 0.459 e. The number of methoxy groups -OCH3 is 1. The number of hydrogen-bond donors (Lipinski definition) is 2. The minimum Gasteiger partial charge on any atom is -0.459 e. The predicted molar refractivity (Wildman–Crippen MR) is 116 cm³/mol. The van der Waals surface area contributed by atoms with E-state index in [1.165, 1.54) is 11.3 Å². The van der Waals surface area contributed by atoms with Crippen LogP contribution in [0.25, 0.3) is 0 Å². The number of anilines is 1. The summed E-state index contributed by atoms with van der Waals surface area (Å²) in [5.74, 6) is 0.233. The Morgan fingerprint density at radius 2 is 2.00 bits per heavy atom. The monoisotopic (exact) mass is 429 g/mol. The lowest BCUT2D eigenvalue weighted by Gasteiger charge is -2.24. The molecule has 0 saturated carbocycles. The molecule has 1 aromatic carbocycles. The fourth-order valence-corrected chi connectivity index (χ4v) is 3.36. The van der Waals surface area contributed by atoms with Gasteiger partial charge >= 0.3 is 0 Å². The van der Waals surface area contributed by atoms with Crippen molar-refractivity contribution >= 4 is 36.4 Å². The van der Waals surface area contributed by atoms with Crippen LogP contribution in [-0.2, 0) is 17.7 Å². The Balaban J connectivity index is 0.00000196. The van der Waals surface area contributed by atoms with Gasteiger partial charge in [0.2, 0.25) is 0 Å². The van der Waals surface area contributed by atoms with Crippen LogP contribution in [0.4, 0.5) is 5.69 Å². The molecule has 1 atom stereocenters. The summed E-state index contributed by atoms with van der Waals surface area (Å²) in [4.78, 5) is 14.8. The molecule has 0 bridgehead atoms. The van der Waals surface area contributed by atoms with Crippen LogP contribution in [0.5, 0.6) is 0 Å². The Bertz CT molecular complexity index is 739. The molecule has 28 heavy (non-hydrogen) atoms. The molecule has 2 heterocycles. The Morgan fingerprint density at radius 3 is 2.79 bits per heavy atom. The van der Waals surface area contributed by atoms with E-state index in [0.717, 1.165) is 18.5 Å². The summed E-state index contributed by atoms with van der Waals surface area (Å²) in [5, 5.41) is 6.10. The normalized spacial score (nSPS) is 14.8. The van der Waals surface area contributed by atoms with Gasteiger partial charge in [0.15, 0.2) is 5.76 Å². The quantitative estimate of drug-likeness (QED) is 0.599. The number of para-hydroxylation sites is 1. The maximum absolute atomic E-state index is 12.4. The third-order valence-electron chi connectivity index (χ3n) is 4.71. The van der Waals surface area contributed by atoms with Crippen LogP contribution in [0.1, 0.15) is 28.6 Å². The first-order valence-corrected chi connectivity index (χ1v) is 9.09. The number of halogens is 2. The number of hydrogen-bond acceptors (Lipinski definition) is 5. The number of ether oxygens (including phenoxy) is 1. The van der Waals surface area contributed by atoms with Crippen LogP contribution in [0.15, 0.2) is 41.0 Å². The van der Waals surface area contributed by atoms with Crippen LogP contribution in [0, 0.1) is 0 Å². The second kappa shape index (κ2) is 12.0. The SMILES string of the molecule is COCCNCCNC(=O)c1occc1CN1c2ccccc2CC1C.Cl.Cl. The fourth-order valence-electron chi connectivity index (χ4n) is 3.36. The average Bonchev–Trinajstić information content (AvgIpc) is 3.23. The van der Waals surface area contributed by atoms with Gasteiger partial charge in [0.05, 0.1) is 12.9 Å². The molecule has 0 saturated heterocycles. The van der Waals surface area contributed by atoms with Gasteiger partial charge in [0.25, 0.3) is 5.91 Å². The average molecular weight is 430 g/mol. The van der Waals surface area contributed by atoms with Gasteiger partial charge in [-0.25, -0.2) is 0 Å². The molecule has 0 radical (unpaired) electrons. The third-order valence-corrected chi connectivity index (χ3v) is 4.71. The predicted octanol–water partition coefficient (Wildman–Crippen LogP) is 3.04. The lowest BCUT2D eigenvalue weighted by atomic mass is 10.1. The zero-order chi connectivity index (χ0) is 18.4. The summed E-state index contributed by atoms with van der Waals surface area (Å²) in [7, 11) is 1.67. The van der Waals surface area contributed by atoms with Crippen molar-refractivity contribution in [2.75, 3.05) is 38.3 Å². The van der Waals surface area contributed by atoms with Gasteiger partial charge in [0, 0.05) is 50.6 Å². The summed E-state index contributed by atoms with van der Waals surface area (Å²) < 4.78 is 10.4. The van der Waals surface area contributed by atoms with Crippen molar-refractivity contribution < 1.29 is 13.9 Å². The second-order valence-electron chi connectivity index (χ2n) is 6.58. The topological polar surface area (TPSA) is 66.7 Å². The minimum absolute atomic E-state index is 0. The first kappa shape index (κ1) is 24.3. The second-order valence-corrected chi connectivity index (χ2v) is 6.58. The molecule has 3 rings (SSSR count). The smallest absolute Gasteiger partial charge is 0.287 e. The molecule has 0 spiro atoms. The summed E-state index contributed by atoms with van der Waals surface area (Å²) >= 11 is 0. The highest BCUT2D eigenvalue weighted by atomic mass is 35.5. The highest BCUT2D eigenvalue weighted by molar-refractivity contribution is 5.93. The van der Waals surface area contributed by atoms with Crippen LogP contribution >= 0.6 is 24.8 Å². The standard InChI is InChI=1S/C20H27N3O3.2ClH/c1-15-13-16-5-3-4-6-18(16)23(15)14-17-7-11-26-19(17)20(24)22-9-8-21-10-12-25-2;;/h3-7,11,15,21H,8-10,12-14H2,1-2H3,(H,22,24);2*1H. The number of nitrogens with one attached hydrogen (secondary N) is 2. The van der Waals surface area contributed by atoms with Gasteiger partial charge in [-0.2, -0.15) is 0 Å².